The minimum atomic E-state index is 0.137. The number of methoxy groups -OCH3 is 1. The predicted molar refractivity (Wildman–Crippen MR) is 68.9 cm³/mol. The number of rotatable bonds is 5. The fourth-order valence-corrected chi connectivity index (χ4v) is 2.39. The van der Waals surface area contributed by atoms with Crippen LogP contribution in [0.2, 0.25) is 0 Å². The number of ether oxygens (including phenoxy) is 1. The van der Waals surface area contributed by atoms with E-state index in [4.69, 9.17) is 4.74 Å². The van der Waals surface area contributed by atoms with Gasteiger partial charge in [-0.05, 0) is 32.7 Å². The van der Waals surface area contributed by atoms with E-state index in [0.717, 1.165) is 19.5 Å². The van der Waals surface area contributed by atoms with E-state index in [2.05, 4.69) is 26.1 Å². The van der Waals surface area contributed by atoms with Gasteiger partial charge in [0.25, 0.3) is 0 Å². The van der Waals surface area contributed by atoms with Crippen molar-refractivity contribution in [1.82, 2.24) is 10.2 Å². The van der Waals surface area contributed by atoms with Crippen molar-refractivity contribution >= 4 is 5.91 Å². The Labute approximate surface area is 105 Å². The van der Waals surface area contributed by atoms with Gasteiger partial charge in [0.2, 0.25) is 5.91 Å². The summed E-state index contributed by atoms with van der Waals surface area (Å²) in [7, 11) is 1.67. The van der Waals surface area contributed by atoms with Gasteiger partial charge in [-0.25, -0.2) is 0 Å². The summed E-state index contributed by atoms with van der Waals surface area (Å²) in [6.07, 6.45) is 1.00. The van der Waals surface area contributed by atoms with Gasteiger partial charge in [-0.2, -0.15) is 0 Å². The second-order valence-corrected chi connectivity index (χ2v) is 5.31. The van der Waals surface area contributed by atoms with Crippen LogP contribution >= 0.6 is 0 Å². The maximum Gasteiger partial charge on any atom is 0.227 e. The lowest BCUT2D eigenvalue weighted by Crippen LogP contribution is -2.48. The van der Waals surface area contributed by atoms with Gasteiger partial charge in [0.05, 0.1) is 12.5 Å². The molecule has 4 heteroatoms. The normalized spacial score (nSPS) is 25.0. The van der Waals surface area contributed by atoms with E-state index in [9.17, 15) is 4.79 Å². The fourth-order valence-electron chi connectivity index (χ4n) is 2.39. The van der Waals surface area contributed by atoms with Crippen LogP contribution in [0, 0.1) is 11.8 Å². The lowest BCUT2D eigenvalue weighted by molar-refractivity contribution is -0.139. The van der Waals surface area contributed by atoms with Crippen molar-refractivity contribution < 1.29 is 9.53 Å². The molecule has 0 aliphatic carbocycles. The van der Waals surface area contributed by atoms with Gasteiger partial charge in [0.15, 0.2) is 0 Å². The average molecular weight is 242 g/mol. The molecule has 1 rings (SSSR count). The van der Waals surface area contributed by atoms with E-state index in [1.54, 1.807) is 7.11 Å². The first kappa shape index (κ1) is 14.5. The summed E-state index contributed by atoms with van der Waals surface area (Å²) < 4.78 is 5.07. The van der Waals surface area contributed by atoms with E-state index < -0.39 is 0 Å². The molecule has 0 spiro atoms. The van der Waals surface area contributed by atoms with E-state index in [1.165, 1.54) is 0 Å². The van der Waals surface area contributed by atoms with Gasteiger partial charge in [-0.1, -0.05) is 6.92 Å². The van der Waals surface area contributed by atoms with E-state index >= 15 is 0 Å². The summed E-state index contributed by atoms with van der Waals surface area (Å²) in [5, 5.41) is 3.34. The summed E-state index contributed by atoms with van der Waals surface area (Å²) >= 11 is 0. The third kappa shape index (κ3) is 4.28. The first-order valence-corrected chi connectivity index (χ1v) is 6.56. The fraction of sp³-hybridized carbons (Fsp3) is 0.923. The molecule has 2 atom stereocenters. The highest BCUT2D eigenvalue weighted by atomic mass is 16.5. The Bertz CT molecular complexity index is 244. The number of carbonyl (C=O) groups excluding carboxylic acids is 1. The molecule has 1 saturated heterocycles. The van der Waals surface area contributed by atoms with Crippen LogP contribution in [0.5, 0.6) is 0 Å². The van der Waals surface area contributed by atoms with E-state index in [1.807, 2.05) is 4.90 Å². The van der Waals surface area contributed by atoms with Crippen LogP contribution in [-0.4, -0.2) is 50.2 Å². The Balaban J connectivity index is 2.56. The zero-order chi connectivity index (χ0) is 12.8. The summed E-state index contributed by atoms with van der Waals surface area (Å²) in [6.45, 7) is 9.47. The maximum absolute atomic E-state index is 12.4. The highest BCUT2D eigenvalue weighted by molar-refractivity contribution is 5.79. The maximum atomic E-state index is 12.4. The number of nitrogens with one attached hydrogen (secondary N) is 1. The van der Waals surface area contributed by atoms with Crippen LogP contribution in [0.25, 0.3) is 0 Å². The molecule has 100 valence electrons. The Morgan fingerprint density at radius 1 is 1.47 bits per heavy atom. The monoisotopic (exact) mass is 242 g/mol. The standard InChI is InChI=1S/C13H26N2O2/c1-10(2)15(5-6-17-4)13(16)12-7-11(3)8-14-9-12/h10-12,14H,5-9H2,1-4H3. The van der Waals surface area contributed by atoms with Crippen LogP contribution in [0.4, 0.5) is 0 Å². The second-order valence-electron chi connectivity index (χ2n) is 5.31. The van der Waals surface area contributed by atoms with Crippen molar-refractivity contribution in [1.29, 1.82) is 0 Å². The van der Waals surface area contributed by atoms with Crippen molar-refractivity contribution in [2.45, 2.75) is 33.2 Å². The van der Waals surface area contributed by atoms with Crippen LogP contribution in [0.1, 0.15) is 27.2 Å². The first-order chi connectivity index (χ1) is 8.06. The number of nitrogens with zero attached hydrogens (tertiary/aromatic N) is 1. The topological polar surface area (TPSA) is 41.6 Å². The Hall–Kier alpha value is -0.610. The summed E-state index contributed by atoms with van der Waals surface area (Å²) in [6, 6.07) is 0.245. The Morgan fingerprint density at radius 3 is 2.71 bits per heavy atom. The minimum absolute atomic E-state index is 0.137. The molecule has 0 aromatic rings. The Kier molecular flexibility index (Phi) is 5.92. The second kappa shape index (κ2) is 6.97. The van der Waals surface area contributed by atoms with Crippen molar-refractivity contribution in [2.75, 3.05) is 33.4 Å². The molecule has 1 heterocycles. The van der Waals surface area contributed by atoms with Crippen LogP contribution in [0.3, 0.4) is 0 Å². The molecule has 0 saturated carbocycles. The minimum Gasteiger partial charge on any atom is -0.383 e. The number of hydrogen-bond acceptors (Lipinski definition) is 3. The molecule has 0 aromatic carbocycles. The highest BCUT2D eigenvalue weighted by Crippen LogP contribution is 2.19. The van der Waals surface area contributed by atoms with Crippen LogP contribution < -0.4 is 5.32 Å². The zero-order valence-electron chi connectivity index (χ0n) is 11.5. The number of piperidine rings is 1. The third-order valence-electron chi connectivity index (χ3n) is 3.36. The highest BCUT2D eigenvalue weighted by Gasteiger charge is 2.29. The molecule has 1 aliphatic rings. The van der Waals surface area contributed by atoms with Gasteiger partial charge in [-0.3, -0.25) is 4.79 Å². The molecular weight excluding hydrogens is 216 g/mol. The van der Waals surface area contributed by atoms with Crippen molar-refractivity contribution in [3.8, 4) is 0 Å². The van der Waals surface area contributed by atoms with Gasteiger partial charge in [-0.15, -0.1) is 0 Å². The third-order valence-corrected chi connectivity index (χ3v) is 3.36. The molecule has 1 N–H and O–H groups in total. The first-order valence-electron chi connectivity index (χ1n) is 6.56. The SMILES string of the molecule is COCCN(C(=O)C1CNCC(C)C1)C(C)C. The molecule has 0 bridgehead atoms. The molecule has 1 amide bonds. The number of carbonyl (C=O) groups is 1. The van der Waals surface area contributed by atoms with Gasteiger partial charge in [0, 0.05) is 26.2 Å². The predicted octanol–water partition coefficient (Wildman–Crippen LogP) is 1.12. The Morgan fingerprint density at radius 2 is 2.18 bits per heavy atom. The molecule has 0 aromatic heterocycles. The van der Waals surface area contributed by atoms with Gasteiger partial charge in [0.1, 0.15) is 0 Å². The summed E-state index contributed by atoms with van der Waals surface area (Å²) in [4.78, 5) is 14.4. The number of hydrogen-bond donors (Lipinski definition) is 1. The molecule has 17 heavy (non-hydrogen) atoms. The van der Waals surface area contributed by atoms with Crippen molar-refractivity contribution in [3.05, 3.63) is 0 Å². The van der Waals surface area contributed by atoms with Gasteiger partial charge >= 0.3 is 0 Å². The van der Waals surface area contributed by atoms with Crippen molar-refractivity contribution in [2.24, 2.45) is 11.8 Å². The van der Waals surface area contributed by atoms with E-state index in [0.29, 0.717) is 19.1 Å². The average Bonchev–Trinajstić information content (AvgIpc) is 2.29. The molecular formula is C13H26N2O2. The molecule has 1 aliphatic heterocycles. The molecule has 0 radical (unpaired) electrons. The number of amides is 1. The molecule has 4 nitrogen and oxygen atoms in total. The lowest BCUT2D eigenvalue weighted by atomic mass is 9.90. The smallest absolute Gasteiger partial charge is 0.227 e. The van der Waals surface area contributed by atoms with Crippen molar-refractivity contribution in [3.63, 3.8) is 0 Å². The summed E-state index contributed by atoms with van der Waals surface area (Å²) in [5.41, 5.74) is 0. The summed E-state index contributed by atoms with van der Waals surface area (Å²) in [5.74, 6) is 1.00. The molecule has 2 unspecified atom stereocenters. The lowest BCUT2D eigenvalue weighted by Gasteiger charge is -2.34. The quantitative estimate of drug-likeness (QED) is 0.785. The largest absolute Gasteiger partial charge is 0.383 e. The van der Waals surface area contributed by atoms with Crippen LogP contribution in [0.15, 0.2) is 0 Å². The van der Waals surface area contributed by atoms with Crippen LogP contribution in [-0.2, 0) is 9.53 Å². The van der Waals surface area contributed by atoms with E-state index in [-0.39, 0.29) is 17.9 Å². The van der Waals surface area contributed by atoms with Gasteiger partial charge < -0.3 is 15.0 Å². The molecule has 1 fully saturated rings. The zero-order valence-corrected chi connectivity index (χ0v) is 11.5.